The zero-order valence-electron chi connectivity index (χ0n) is 10.5. The smallest absolute Gasteiger partial charge is 0.220 e. The zero-order chi connectivity index (χ0) is 12.4. The number of carbonyl (C=O) groups excluding carboxylic acids is 1. The monoisotopic (exact) mass is 230 g/mol. The quantitative estimate of drug-likeness (QED) is 0.554. The van der Waals surface area contributed by atoms with Gasteiger partial charge in [-0.15, -0.1) is 0 Å². The standard InChI is InChI=1S/C12H26N2O2/c1-3-11(7-9-15)14-12(16)5-4-10(2)6-8-13/h10-11,15H,3-9,13H2,1-2H3,(H,14,16). The molecule has 0 saturated carbocycles. The van der Waals surface area contributed by atoms with E-state index in [0.717, 1.165) is 19.3 Å². The highest BCUT2D eigenvalue weighted by Crippen LogP contribution is 2.09. The summed E-state index contributed by atoms with van der Waals surface area (Å²) in [5, 5.41) is 11.7. The highest BCUT2D eigenvalue weighted by Gasteiger charge is 2.10. The number of hydrogen-bond acceptors (Lipinski definition) is 3. The molecule has 0 fully saturated rings. The largest absolute Gasteiger partial charge is 0.396 e. The topological polar surface area (TPSA) is 75.3 Å². The van der Waals surface area contributed by atoms with Crippen LogP contribution in [0.15, 0.2) is 0 Å². The van der Waals surface area contributed by atoms with E-state index in [4.69, 9.17) is 10.8 Å². The molecule has 0 rings (SSSR count). The molecule has 0 heterocycles. The van der Waals surface area contributed by atoms with E-state index < -0.39 is 0 Å². The van der Waals surface area contributed by atoms with Crippen LogP contribution in [0.3, 0.4) is 0 Å². The number of aliphatic hydroxyl groups is 1. The van der Waals surface area contributed by atoms with Crippen molar-refractivity contribution in [2.75, 3.05) is 13.2 Å². The predicted molar refractivity (Wildman–Crippen MR) is 66.0 cm³/mol. The maximum Gasteiger partial charge on any atom is 0.220 e. The third-order valence-corrected chi connectivity index (χ3v) is 2.86. The Balaban J connectivity index is 3.71. The third-order valence-electron chi connectivity index (χ3n) is 2.86. The van der Waals surface area contributed by atoms with Gasteiger partial charge in [0.2, 0.25) is 5.91 Å². The minimum absolute atomic E-state index is 0.0872. The summed E-state index contributed by atoms with van der Waals surface area (Å²) >= 11 is 0. The fourth-order valence-electron chi connectivity index (χ4n) is 1.64. The van der Waals surface area contributed by atoms with Gasteiger partial charge in [-0.3, -0.25) is 4.79 Å². The summed E-state index contributed by atoms with van der Waals surface area (Å²) in [6.07, 6.45) is 3.92. The molecular weight excluding hydrogens is 204 g/mol. The number of aliphatic hydroxyl groups excluding tert-OH is 1. The zero-order valence-corrected chi connectivity index (χ0v) is 10.5. The van der Waals surface area contributed by atoms with E-state index in [0.29, 0.717) is 25.3 Å². The van der Waals surface area contributed by atoms with Crippen LogP contribution in [0.4, 0.5) is 0 Å². The highest BCUT2D eigenvalue weighted by atomic mass is 16.3. The number of rotatable bonds is 9. The molecule has 0 radical (unpaired) electrons. The molecule has 96 valence electrons. The van der Waals surface area contributed by atoms with Gasteiger partial charge in [0.05, 0.1) is 0 Å². The van der Waals surface area contributed by atoms with Crippen LogP contribution in [-0.4, -0.2) is 30.2 Å². The van der Waals surface area contributed by atoms with E-state index >= 15 is 0 Å². The van der Waals surface area contributed by atoms with Gasteiger partial charge < -0.3 is 16.2 Å². The van der Waals surface area contributed by atoms with Gasteiger partial charge in [0.1, 0.15) is 0 Å². The van der Waals surface area contributed by atoms with Crippen molar-refractivity contribution in [1.82, 2.24) is 5.32 Å². The molecule has 4 nitrogen and oxygen atoms in total. The fraction of sp³-hybridized carbons (Fsp3) is 0.917. The summed E-state index contributed by atoms with van der Waals surface area (Å²) in [7, 11) is 0. The Morgan fingerprint density at radius 2 is 2.06 bits per heavy atom. The molecule has 1 amide bonds. The number of nitrogens with one attached hydrogen (secondary N) is 1. The van der Waals surface area contributed by atoms with Crippen LogP contribution in [0.5, 0.6) is 0 Å². The third kappa shape index (κ3) is 7.65. The average Bonchev–Trinajstić information content (AvgIpc) is 2.26. The molecule has 2 atom stereocenters. The highest BCUT2D eigenvalue weighted by molar-refractivity contribution is 5.76. The molecule has 0 bridgehead atoms. The van der Waals surface area contributed by atoms with Crippen molar-refractivity contribution in [1.29, 1.82) is 0 Å². The van der Waals surface area contributed by atoms with Gasteiger partial charge in [-0.25, -0.2) is 0 Å². The summed E-state index contributed by atoms with van der Waals surface area (Å²) in [6, 6.07) is 0.113. The Labute approximate surface area is 98.6 Å². The maximum atomic E-state index is 11.6. The molecular formula is C12H26N2O2. The predicted octanol–water partition coefficient (Wildman–Crippen LogP) is 1.03. The molecule has 0 aromatic heterocycles. The first-order chi connectivity index (χ1) is 7.63. The van der Waals surface area contributed by atoms with Gasteiger partial charge in [0, 0.05) is 19.1 Å². The first-order valence-corrected chi connectivity index (χ1v) is 6.24. The Kier molecular flexibility index (Phi) is 9.24. The average molecular weight is 230 g/mol. The number of hydrogen-bond donors (Lipinski definition) is 3. The van der Waals surface area contributed by atoms with Crippen molar-refractivity contribution < 1.29 is 9.90 Å². The van der Waals surface area contributed by atoms with Crippen molar-refractivity contribution in [3.8, 4) is 0 Å². The van der Waals surface area contributed by atoms with Crippen LogP contribution in [0.25, 0.3) is 0 Å². The molecule has 4 heteroatoms. The van der Waals surface area contributed by atoms with Crippen LogP contribution >= 0.6 is 0 Å². The van der Waals surface area contributed by atoms with E-state index in [1.54, 1.807) is 0 Å². The lowest BCUT2D eigenvalue weighted by Gasteiger charge is -2.16. The van der Waals surface area contributed by atoms with E-state index in [1.165, 1.54) is 0 Å². The van der Waals surface area contributed by atoms with Crippen LogP contribution in [0.2, 0.25) is 0 Å². The lowest BCUT2D eigenvalue weighted by Crippen LogP contribution is -2.35. The first kappa shape index (κ1) is 15.4. The van der Waals surface area contributed by atoms with Crippen molar-refractivity contribution in [2.24, 2.45) is 11.7 Å². The van der Waals surface area contributed by atoms with Crippen molar-refractivity contribution in [3.05, 3.63) is 0 Å². The Morgan fingerprint density at radius 1 is 1.38 bits per heavy atom. The summed E-state index contributed by atoms with van der Waals surface area (Å²) in [5.74, 6) is 0.595. The van der Waals surface area contributed by atoms with Crippen molar-refractivity contribution >= 4 is 5.91 Å². The minimum atomic E-state index is 0.0872. The summed E-state index contributed by atoms with van der Waals surface area (Å²) in [4.78, 5) is 11.6. The molecule has 0 aliphatic carbocycles. The minimum Gasteiger partial charge on any atom is -0.396 e. The van der Waals surface area contributed by atoms with Crippen LogP contribution < -0.4 is 11.1 Å². The van der Waals surface area contributed by atoms with Gasteiger partial charge in [0.25, 0.3) is 0 Å². The molecule has 0 aromatic carbocycles. The fourth-order valence-corrected chi connectivity index (χ4v) is 1.64. The lowest BCUT2D eigenvalue weighted by molar-refractivity contribution is -0.122. The van der Waals surface area contributed by atoms with Crippen LogP contribution in [-0.2, 0) is 4.79 Å². The second-order valence-electron chi connectivity index (χ2n) is 4.41. The Bertz CT molecular complexity index is 186. The second kappa shape index (κ2) is 9.60. The van der Waals surface area contributed by atoms with Gasteiger partial charge >= 0.3 is 0 Å². The second-order valence-corrected chi connectivity index (χ2v) is 4.41. The number of amides is 1. The first-order valence-electron chi connectivity index (χ1n) is 6.24. The molecule has 0 aromatic rings. The number of nitrogens with two attached hydrogens (primary N) is 1. The molecule has 0 spiro atoms. The van der Waals surface area contributed by atoms with Crippen molar-refractivity contribution in [2.45, 2.75) is 52.0 Å². The van der Waals surface area contributed by atoms with E-state index in [9.17, 15) is 4.79 Å². The molecule has 0 saturated heterocycles. The van der Waals surface area contributed by atoms with Gasteiger partial charge in [-0.05, 0) is 38.1 Å². The molecule has 2 unspecified atom stereocenters. The Morgan fingerprint density at radius 3 is 2.56 bits per heavy atom. The number of carbonyl (C=O) groups is 1. The maximum absolute atomic E-state index is 11.6. The van der Waals surface area contributed by atoms with Gasteiger partial charge in [0.15, 0.2) is 0 Å². The van der Waals surface area contributed by atoms with Gasteiger partial charge in [-0.2, -0.15) is 0 Å². The molecule has 0 aliphatic heterocycles. The summed E-state index contributed by atoms with van der Waals surface area (Å²) < 4.78 is 0. The SMILES string of the molecule is CCC(CCO)NC(=O)CCC(C)CCN. The molecule has 4 N–H and O–H groups in total. The van der Waals surface area contributed by atoms with Crippen LogP contribution in [0.1, 0.15) is 46.0 Å². The van der Waals surface area contributed by atoms with Crippen molar-refractivity contribution in [3.63, 3.8) is 0 Å². The summed E-state index contributed by atoms with van der Waals surface area (Å²) in [6.45, 7) is 4.94. The van der Waals surface area contributed by atoms with E-state index in [1.807, 2.05) is 6.92 Å². The summed E-state index contributed by atoms with van der Waals surface area (Å²) in [5.41, 5.74) is 5.45. The lowest BCUT2D eigenvalue weighted by atomic mass is 10.0. The molecule has 16 heavy (non-hydrogen) atoms. The van der Waals surface area contributed by atoms with E-state index in [-0.39, 0.29) is 18.6 Å². The molecule has 0 aliphatic rings. The van der Waals surface area contributed by atoms with E-state index in [2.05, 4.69) is 12.2 Å². The van der Waals surface area contributed by atoms with Crippen LogP contribution in [0, 0.1) is 5.92 Å². The van der Waals surface area contributed by atoms with Gasteiger partial charge in [-0.1, -0.05) is 13.8 Å². The normalized spacial score (nSPS) is 14.5. The Hall–Kier alpha value is -0.610.